The number of hydrogen-bond donors (Lipinski definition) is 1. The van der Waals surface area contributed by atoms with E-state index in [-0.39, 0.29) is 11.5 Å². The number of nitrogens with one attached hydrogen (secondary N) is 1. The Morgan fingerprint density at radius 1 is 1.10 bits per heavy atom. The maximum atomic E-state index is 12.0. The molecule has 1 aliphatic carbocycles. The fourth-order valence-corrected chi connectivity index (χ4v) is 4.02. The van der Waals surface area contributed by atoms with Gasteiger partial charge in [0, 0.05) is 19.6 Å². The van der Waals surface area contributed by atoms with Crippen LogP contribution in [0.1, 0.15) is 57.8 Å². The Kier molecular flexibility index (Phi) is 4.61. The van der Waals surface area contributed by atoms with E-state index in [0.29, 0.717) is 12.6 Å². The number of likely N-dealkylation sites (tertiary alicyclic amines) is 1. The zero-order valence-corrected chi connectivity index (χ0v) is 12.5. The maximum Gasteiger partial charge on any atom is 0.236 e. The van der Waals surface area contributed by atoms with E-state index >= 15 is 0 Å². The predicted octanol–water partition coefficient (Wildman–Crippen LogP) is 2.08. The molecule has 1 N–H and O–H groups in total. The largest absolute Gasteiger partial charge is 0.370 e. The average Bonchev–Trinajstić information content (AvgIpc) is 3.10. The van der Waals surface area contributed by atoms with Crippen molar-refractivity contribution in [3.63, 3.8) is 0 Å². The van der Waals surface area contributed by atoms with E-state index in [1.165, 1.54) is 51.4 Å². The molecule has 0 radical (unpaired) electrons. The predicted molar refractivity (Wildman–Crippen MR) is 78.6 cm³/mol. The lowest BCUT2D eigenvalue weighted by Crippen LogP contribution is -2.42. The summed E-state index contributed by atoms with van der Waals surface area (Å²) in [4.78, 5) is 14.0. The molecule has 114 valence electrons. The van der Waals surface area contributed by atoms with Crippen molar-refractivity contribution in [2.45, 2.75) is 69.5 Å². The summed E-state index contributed by atoms with van der Waals surface area (Å²) in [6, 6.07) is 0. The molecule has 2 saturated heterocycles. The lowest BCUT2D eigenvalue weighted by Gasteiger charge is -2.27. The van der Waals surface area contributed by atoms with Gasteiger partial charge in [0.1, 0.15) is 0 Å². The summed E-state index contributed by atoms with van der Waals surface area (Å²) in [5.74, 6) is 0.262. The molecule has 0 bridgehead atoms. The van der Waals surface area contributed by atoms with Crippen LogP contribution in [0.3, 0.4) is 0 Å². The van der Waals surface area contributed by atoms with Crippen LogP contribution in [0.5, 0.6) is 0 Å². The third-order valence-corrected chi connectivity index (χ3v) is 5.21. The van der Waals surface area contributed by atoms with Crippen LogP contribution in [0.4, 0.5) is 0 Å². The summed E-state index contributed by atoms with van der Waals surface area (Å²) >= 11 is 0. The third-order valence-electron chi connectivity index (χ3n) is 5.21. The Morgan fingerprint density at radius 3 is 2.60 bits per heavy atom. The van der Waals surface area contributed by atoms with Crippen molar-refractivity contribution in [1.82, 2.24) is 10.2 Å². The molecule has 0 aromatic rings. The number of amides is 1. The standard InChI is InChI=1S/C16H28N2O2/c19-15(18-10-4-1-5-11-18)13-17-12-14-6-9-16(20-14)7-2-3-8-16/h14,17H,1-13H2. The molecule has 20 heavy (non-hydrogen) atoms. The molecule has 1 spiro atoms. The molecule has 3 fully saturated rings. The summed E-state index contributed by atoms with van der Waals surface area (Å²) in [5, 5.41) is 3.31. The molecular weight excluding hydrogens is 252 g/mol. The summed E-state index contributed by atoms with van der Waals surface area (Å²) < 4.78 is 6.25. The quantitative estimate of drug-likeness (QED) is 0.857. The number of carbonyl (C=O) groups excluding carboxylic acids is 1. The minimum Gasteiger partial charge on any atom is -0.370 e. The Bertz CT molecular complexity index is 333. The van der Waals surface area contributed by atoms with Gasteiger partial charge >= 0.3 is 0 Å². The van der Waals surface area contributed by atoms with E-state index in [1.807, 2.05) is 4.90 Å². The van der Waals surface area contributed by atoms with Crippen LogP contribution in [0, 0.1) is 0 Å². The molecule has 0 aromatic carbocycles. The molecule has 2 aliphatic heterocycles. The van der Waals surface area contributed by atoms with Crippen molar-refractivity contribution < 1.29 is 9.53 Å². The van der Waals surface area contributed by atoms with Gasteiger partial charge < -0.3 is 15.0 Å². The molecule has 4 nitrogen and oxygen atoms in total. The van der Waals surface area contributed by atoms with Gasteiger partial charge in [-0.1, -0.05) is 12.8 Å². The van der Waals surface area contributed by atoms with Crippen LogP contribution in [0.15, 0.2) is 0 Å². The SMILES string of the molecule is O=C(CNCC1CCC2(CCCC2)O1)N1CCCCC1. The first-order chi connectivity index (χ1) is 9.77. The van der Waals surface area contributed by atoms with Gasteiger partial charge in [-0.15, -0.1) is 0 Å². The molecule has 2 heterocycles. The minimum atomic E-state index is 0.212. The van der Waals surface area contributed by atoms with E-state index < -0.39 is 0 Å². The van der Waals surface area contributed by atoms with Gasteiger partial charge in [-0.3, -0.25) is 4.79 Å². The topological polar surface area (TPSA) is 41.6 Å². The van der Waals surface area contributed by atoms with Crippen molar-refractivity contribution >= 4 is 5.91 Å². The monoisotopic (exact) mass is 280 g/mol. The number of carbonyl (C=O) groups is 1. The second-order valence-electron chi connectivity index (χ2n) is 6.74. The Hall–Kier alpha value is -0.610. The van der Waals surface area contributed by atoms with Crippen LogP contribution < -0.4 is 5.32 Å². The van der Waals surface area contributed by atoms with Gasteiger partial charge in [0.25, 0.3) is 0 Å². The number of nitrogens with zero attached hydrogens (tertiary/aromatic N) is 1. The van der Waals surface area contributed by atoms with Gasteiger partial charge in [0.2, 0.25) is 5.91 Å². The minimum absolute atomic E-state index is 0.212. The van der Waals surface area contributed by atoms with E-state index in [9.17, 15) is 4.79 Å². The second-order valence-corrected chi connectivity index (χ2v) is 6.74. The van der Waals surface area contributed by atoms with Crippen LogP contribution in [0.2, 0.25) is 0 Å². The first-order valence-corrected chi connectivity index (χ1v) is 8.44. The molecule has 1 amide bonds. The summed E-state index contributed by atoms with van der Waals surface area (Å²) in [5.41, 5.74) is 0.212. The highest BCUT2D eigenvalue weighted by atomic mass is 16.5. The fourth-order valence-electron chi connectivity index (χ4n) is 4.02. The molecule has 1 atom stereocenters. The van der Waals surface area contributed by atoms with E-state index in [1.54, 1.807) is 0 Å². The maximum absolute atomic E-state index is 12.0. The van der Waals surface area contributed by atoms with Crippen molar-refractivity contribution in [2.24, 2.45) is 0 Å². The zero-order valence-electron chi connectivity index (χ0n) is 12.5. The van der Waals surface area contributed by atoms with Gasteiger partial charge in [-0.2, -0.15) is 0 Å². The number of piperidine rings is 1. The summed E-state index contributed by atoms with van der Waals surface area (Å²) in [6.07, 6.45) is 11.5. The first-order valence-electron chi connectivity index (χ1n) is 8.44. The number of rotatable bonds is 4. The molecule has 0 aromatic heterocycles. The lowest BCUT2D eigenvalue weighted by atomic mass is 9.98. The van der Waals surface area contributed by atoms with Crippen LogP contribution in [-0.2, 0) is 9.53 Å². The molecule has 3 rings (SSSR count). The van der Waals surface area contributed by atoms with Crippen molar-refractivity contribution in [1.29, 1.82) is 0 Å². The molecular formula is C16H28N2O2. The van der Waals surface area contributed by atoms with Crippen molar-refractivity contribution in [3.8, 4) is 0 Å². The summed E-state index contributed by atoms with van der Waals surface area (Å²) in [7, 11) is 0. The van der Waals surface area contributed by atoms with Crippen LogP contribution in [0.25, 0.3) is 0 Å². The Morgan fingerprint density at radius 2 is 1.85 bits per heavy atom. The lowest BCUT2D eigenvalue weighted by molar-refractivity contribution is -0.131. The Balaban J connectivity index is 1.34. The average molecular weight is 280 g/mol. The smallest absolute Gasteiger partial charge is 0.236 e. The van der Waals surface area contributed by atoms with E-state index in [0.717, 1.165) is 26.1 Å². The normalized spacial score (nSPS) is 29.2. The van der Waals surface area contributed by atoms with Crippen LogP contribution >= 0.6 is 0 Å². The molecule has 4 heteroatoms. The third kappa shape index (κ3) is 3.34. The molecule has 1 saturated carbocycles. The summed E-state index contributed by atoms with van der Waals surface area (Å²) in [6.45, 7) is 3.21. The Labute approximate surface area is 122 Å². The first kappa shape index (κ1) is 14.3. The molecule has 3 aliphatic rings. The highest BCUT2D eigenvalue weighted by molar-refractivity contribution is 5.78. The van der Waals surface area contributed by atoms with Gasteiger partial charge in [-0.25, -0.2) is 0 Å². The number of hydrogen-bond acceptors (Lipinski definition) is 3. The highest BCUT2D eigenvalue weighted by Crippen LogP contribution is 2.43. The fraction of sp³-hybridized carbons (Fsp3) is 0.938. The van der Waals surface area contributed by atoms with Gasteiger partial charge in [0.05, 0.1) is 18.2 Å². The highest BCUT2D eigenvalue weighted by Gasteiger charge is 2.41. The van der Waals surface area contributed by atoms with E-state index in [2.05, 4.69) is 5.32 Å². The molecule has 1 unspecified atom stereocenters. The van der Waals surface area contributed by atoms with Crippen molar-refractivity contribution in [3.05, 3.63) is 0 Å². The van der Waals surface area contributed by atoms with Gasteiger partial charge in [-0.05, 0) is 44.9 Å². The van der Waals surface area contributed by atoms with E-state index in [4.69, 9.17) is 4.74 Å². The van der Waals surface area contributed by atoms with Crippen LogP contribution in [-0.4, -0.2) is 48.7 Å². The van der Waals surface area contributed by atoms with Crippen molar-refractivity contribution in [2.75, 3.05) is 26.2 Å². The second kappa shape index (κ2) is 6.44. The number of ether oxygens (including phenoxy) is 1. The van der Waals surface area contributed by atoms with Gasteiger partial charge in [0.15, 0.2) is 0 Å². The zero-order chi connectivity index (χ0) is 13.8.